The van der Waals surface area contributed by atoms with E-state index in [1.54, 1.807) is 0 Å². The Morgan fingerprint density at radius 3 is 2.67 bits per heavy atom. The van der Waals surface area contributed by atoms with Crippen molar-refractivity contribution in [2.24, 2.45) is 0 Å². The van der Waals surface area contributed by atoms with E-state index in [9.17, 15) is 13.2 Å². The highest BCUT2D eigenvalue weighted by molar-refractivity contribution is 7.91. The van der Waals surface area contributed by atoms with Crippen LogP contribution < -0.4 is 4.90 Å². The number of benzene rings is 2. The molecule has 0 spiro atoms. The first-order valence-electron chi connectivity index (χ1n) is 6.73. The highest BCUT2D eigenvalue weighted by atomic mass is 32.2. The number of fused-ring (bicyclic) bond motifs is 2. The number of carbonyl (C=O) groups is 1. The quantitative estimate of drug-likeness (QED) is 0.808. The molecule has 4 rings (SSSR count). The molecule has 2 fully saturated rings. The van der Waals surface area contributed by atoms with Gasteiger partial charge in [-0.25, -0.2) is 13.2 Å². The molecular formula is C15H13NO4S. The molecule has 2 aromatic rings. The minimum absolute atomic E-state index is 0.0351. The predicted molar refractivity (Wildman–Crippen MR) is 79.1 cm³/mol. The van der Waals surface area contributed by atoms with Crippen LogP contribution in [-0.4, -0.2) is 38.2 Å². The maximum Gasteiger partial charge on any atom is 0.415 e. The average Bonchev–Trinajstić information content (AvgIpc) is 2.88. The number of anilines is 1. The molecule has 0 aliphatic carbocycles. The van der Waals surface area contributed by atoms with Crippen molar-refractivity contribution >= 4 is 32.4 Å². The molecule has 1 amide bonds. The number of rotatable bonds is 1. The molecule has 6 heteroatoms. The maximum atomic E-state index is 12.2. The van der Waals surface area contributed by atoms with E-state index < -0.39 is 28.1 Å². The smallest absolute Gasteiger partial charge is 0.415 e. The van der Waals surface area contributed by atoms with Crippen molar-refractivity contribution in [1.82, 2.24) is 0 Å². The number of nitrogens with zero attached hydrogens (tertiary/aromatic N) is 1. The first-order chi connectivity index (χ1) is 10.1. The van der Waals surface area contributed by atoms with Gasteiger partial charge in [0.2, 0.25) is 0 Å². The van der Waals surface area contributed by atoms with E-state index >= 15 is 0 Å². The second kappa shape index (κ2) is 4.21. The number of hydrogen-bond acceptors (Lipinski definition) is 4. The Labute approximate surface area is 122 Å². The van der Waals surface area contributed by atoms with E-state index in [0.717, 1.165) is 10.8 Å². The fourth-order valence-corrected chi connectivity index (χ4v) is 4.98. The normalized spacial score (nSPS) is 26.9. The maximum absolute atomic E-state index is 12.2. The van der Waals surface area contributed by atoms with Crippen LogP contribution in [0.5, 0.6) is 0 Å². The Morgan fingerprint density at radius 1 is 1.05 bits per heavy atom. The van der Waals surface area contributed by atoms with Gasteiger partial charge < -0.3 is 4.74 Å². The zero-order chi connectivity index (χ0) is 14.6. The summed E-state index contributed by atoms with van der Waals surface area (Å²) in [5.41, 5.74) is 0.711. The lowest BCUT2D eigenvalue weighted by atomic mass is 10.1. The highest BCUT2D eigenvalue weighted by Crippen LogP contribution is 2.36. The molecule has 0 unspecified atom stereocenters. The van der Waals surface area contributed by atoms with Gasteiger partial charge in [0.15, 0.2) is 9.84 Å². The lowest BCUT2D eigenvalue weighted by Crippen LogP contribution is -2.36. The first kappa shape index (κ1) is 12.6. The van der Waals surface area contributed by atoms with Crippen molar-refractivity contribution in [3.8, 4) is 0 Å². The number of ether oxygens (including phenoxy) is 1. The van der Waals surface area contributed by atoms with Crippen LogP contribution in [0, 0.1) is 0 Å². The van der Waals surface area contributed by atoms with E-state index in [2.05, 4.69) is 0 Å². The molecule has 0 N–H and O–H groups in total. The minimum Gasteiger partial charge on any atom is -0.442 e. The Kier molecular flexibility index (Phi) is 2.53. The topological polar surface area (TPSA) is 63.7 Å². The minimum atomic E-state index is -3.14. The van der Waals surface area contributed by atoms with Gasteiger partial charge in [-0.3, -0.25) is 4.90 Å². The Hall–Kier alpha value is -2.08. The van der Waals surface area contributed by atoms with Crippen molar-refractivity contribution in [1.29, 1.82) is 0 Å². The second-order valence-corrected chi connectivity index (χ2v) is 7.59. The predicted octanol–water partition coefficient (Wildman–Crippen LogP) is 1.96. The second-order valence-electron chi connectivity index (χ2n) is 5.43. The van der Waals surface area contributed by atoms with Crippen molar-refractivity contribution in [3.63, 3.8) is 0 Å². The lowest BCUT2D eigenvalue weighted by Gasteiger charge is -2.21. The van der Waals surface area contributed by atoms with Crippen LogP contribution in [0.2, 0.25) is 0 Å². The third-order valence-corrected chi connectivity index (χ3v) is 5.76. The zero-order valence-electron chi connectivity index (χ0n) is 11.1. The molecule has 2 aliphatic rings. The molecule has 0 radical (unpaired) electrons. The van der Waals surface area contributed by atoms with Crippen molar-refractivity contribution < 1.29 is 17.9 Å². The van der Waals surface area contributed by atoms with Gasteiger partial charge in [-0.15, -0.1) is 0 Å². The summed E-state index contributed by atoms with van der Waals surface area (Å²) in [5.74, 6) is -0.114. The van der Waals surface area contributed by atoms with Gasteiger partial charge in [0.25, 0.3) is 0 Å². The summed E-state index contributed by atoms with van der Waals surface area (Å²) in [6.45, 7) is 0. The largest absolute Gasteiger partial charge is 0.442 e. The van der Waals surface area contributed by atoms with Crippen LogP contribution in [0.15, 0.2) is 42.5 Å². The summed E-state index contributed by atoms with van der Waals surface area (Å²) in [5, 5.41) is 1.93. The van der Waals surface area contributed by atoms with Gasteiger partial charge in [0.1, 0.15) is 6.10 Å². The third kappa shape index (κ3) is 1.90. The van der Waals surface area contributed by atoms with Crippen LogP contribution in [0.1, 0.15) is 0 Å². The van der Waals surface area contributed by atoms with E-state index in [1.807, 2.05) is 42.5 Å². The number of carbonyl (C=O) groups excluding carboxylic acids is 1. The fraction of sp³-hybridized carbons (Fsp3) is 0.267. The molecule has 108 valence electrons. The van der Waals surface area contributed by atoms with Crippen LogP contribution in [0.25, 0.3) is 10.8 Å². The summed E-state index contributed by atoms with van der Waals surface area (Å²) < 4.78 is 28.8. The van der Waals surface area contributed by atoms with Crippen molar-refractivity contribution in [2.75, 3.05) is 16.4 Å². The fourth-order valence-electron chi connectivity index (χ4n) is 3.17. The Bertz CT molecular complexity index is 840. The summed E-state index contributed by atoms with van der Waals surface area (Å²) in [6, 6.07) is 12.9. The Balaban J connectivity index is 1.86. The molecule has 2 atom stereocenters. The van der Waals surface area contributed by atoms with Crippen molar-refractivity contribution in [3.05, 3.63) is 42.5 Å². The van der Waals surface area contributed by atoms with Gasteiger partial charge in [0.05, 0.1) is 23.2 Å². The third-order valence-electron chi connectivity index (χ3n) is 4.08. The monoisotopic (exact) mass is 303 g/mol. The van der Waals surface area contributed by atoms with Gasteiger partial charge in [-0.2, -0.15) is 0 Å². The van der Waals surface area contributed by atoms with E-state index in [-0.39, 0.29) is 11.5 Å². The number of hydrogen-bond donors (Lipinski definition) is 0. The summed E-state index contributed by atoms with van der Waals surface area (Å²) in [4.78, 5) is 13.6. The summed E-state index contributed by atoms with van der Waals surface area (Å²) in [7, 11) is -3.14. The van der Waals surface area contributed by atoms with Crippen LogP contribution >= 0.6 is 0 Å². The molecule has 2 aliphatic heterocycles. The van der Waals surface area contributed by atoms with Gasteiger partial charge >= 0.3 is 6.09 Å². The van der Waals surface area contributed by atoms with Gasteiger partial charge in [-0.1, -0.05) is 36.4 Å². The standard InChI is InChI=1S/C15H13NO4S/c17-15-16(13-8-21(18,19)9-14(13)20-15)12-7-3-5-10-4-1-2-6-11(10)12/h1-7,13-14H,8-9H2/t13-,14-/m1/s1. The molecule has 0 aromatic heterocycles. The van der Waals surface area contributed by atoms with Crippen LogP contribution in [0.3, 0.4) is 0 Å². The van der Waals surface area contributed by atoms with Crippen LogP contribution in [0.4, 0.5) is 10.5 Å². The summed E-state index contributed by atoms with van der Waals surface area (Å²) >= 11 is 0. The molecule has 5 nitrogen and oxygen atoms in total. The van der Waals surface area contributed by atoms with Crippen LogP contribution in [-0.2, 0) is 14.6 Å². The Morgan fingerprint density at radius 2 is 1.81 bits per heavy atom. The zero-order valence-corrected chi connectivity index (χ0v) is 11.9. The first-order valence-corrected chi connectivity index (χ1v) is 8.55. The molecule has 21 heavy (non-hydrogen) atoms. The van der Waals surface area contributed by atoms with E-state index in [1.165, 1.54) is 4.90 Å². The average molecular weight is 303 g/mol. The van der Waals surface area contributed by atoms with E-state index in [0.29, 0.717) is 5.69 Å². The molecule has 2 saturated heterocycles. The molecule has 2 aromatic carbocycles. The molecular weight excluding hydrogens is 290 g/mol. The number of amides is 1. The highest BCUT2D eigenvalue weighted by Gasteiger charge is 2.51. The molecule has 0 saturated carbocycles. The SMILES string of the molecule is O=C1O[C@@H]2CS(=O)(=O)C[C@H]2N1c1cccc2ccccc12. The van der Waals surface area contributed by atoms with Gasteiger partial charge in [0, 0.05) is 5.39 Å². The molecule has 2 heterocycles. The van der Waals surface area contributed by atoms with E-state index in [4.69, 9.17) is 4.74 Å². The lowest BCUT2D eigenvalue weighted by molar-refractivity contribution is 0.147. The summed E-state index contributed by atoms with van der Waals surface area (Å²) in [6.07, 6.45) is -1.02. The number of sulfone groups is 1. The van der Waals surface area contributed by atoms with Gasteiger partial charge in [-0.05, 0) is 11.5 Å². The molecule has 0 bridgehead atoms. The van der Waals surface area contributed by atoms with Crippen molar-refractivity contribution in [2.45, 2.75) is 12.1 Å².